The van der Waals surface area contributed by atoms with Crippen molar-refractivity contribution in [2.75, 3.05) is 43.9 Å². The van der Waals surface area contributed by atoms with Gasteiger partial charge in [0, 0.05) is 37.1 Å². The summed E-state index contributed by atoms with van der Waals surface area (Å²) in [6, 6.07) is 7.45. The molecule has 1 saturated carbocycles. The summed E-state index contributed by atoms with van der Waals surface area (Å²) >= 11 is 0. The largest absolute Gasteiger partial charge is 0.336 e. The Hall–Kier alpha value is -2.28. The minimum Gasteiger partial charge on any atom is -0.336 e. The smallest absolute Gasteiger partial charge is 0.321 e. The van der Waals surface area contributed by atoms with Gasteiger partial charge in [0.25, 0.3) is 0 Å². The van der Waals surface area contributed by atoms with E-state index in [1.54, 1.807) is 4.90 Å². The average Bonchev–Trinajstić information content (AvgIpc) is 3.09. The molecule has 1 heterocycles. The molecule has 0 bridgehead atoms. The fourth-order valence-electron chi connectivity index (χ4n) is 4.11. The molecule has 0 aromatic heterocycles. The summed E-state index contributed by atoms with van der Waals surface area (Å²) in [5.74, 6) is 0.653. The fraction of sp³-hybridized carbons (Fsp3) is 0.600. The van der Waals surface area contributed by atoms with Gasteiger partial charge in [0.15, 0.2) is 0 Å². The van der Waals surface area contributed by atoms with Gasteiger partial charge in [-0.25, -0.2) is 9.59 Å². The first kappa shape index (κ1) is 19.5. The van der Waals surface area contributed by atoms with Gasteiger partial charge in [-0.1, -0.05) is 19.3 Å². The zero-order chi connectivity index (χ0) is 19.2. The van der Waals surface area contributed by atoms with Crippen LogP contribution in [0.1, 0.15) is 32.1 Å². The quantitative estimate of drug-likeness (QED) is 0.718. The van der Waals surface area contributed by atoms with E-state index in [4.69, 9.17) is 0 Å². The molecule has 2 fully saturated rings. The van der Waals surface area contributed by atoms with Crippen LogP contribution in [-0.2, 0) is 0 Å². The third kappa shape index (κ3) is 5.13. The molecule has 1 aliphatic heterocycles. The molecule has 1 atom stereocenters. The zero-order valence-electron chi connectivity index (χ0n) is 16.3. The molecule has 1 saturated heterocycles. The van der Waals surface area contributed by atoms with E-state index in [9.17, 15) is 9.59 Å². The van der Waals surface area contributed by atoms with Crippen LogP contribution >= 0.6 is 0 Å². The van der Waals surface area contributed by atoms with E-state index >= 15 is 0 Å². The van der Waals surface area contributed by atoms with Gasteiger partial charge >= 0.3 is 12.1 Å². The van der Waals surface area contributed by atoms with Crippen molar-refractivity contribution in [1.82, 2.24) is 15.5 Å². The highest BCUT2D eigenvalue weighted by Crippen LogP contribution is 2.28. The fourth-order valence-corrected chi connectivity index (χ4v) is 4.11. The van der Waals surface area contributed by atoms with Crippen LogP contribution in [0.15, 0.2) is 24.3 Å². The lowest BCUT2D eigenvalue weighted by Gasteiger charge is -2.34. The van der Waals surface area contributed by atoms with E-state index in [1.165, 1.54) is 32.1 Å². The standard InChI is InChI=1S/C20H31N5O2/c1-24(2)18(15-6-4-3-5-7-15)14-22-19(26)23-16-8-10-17(11-9-16)25-13-12-21-20(25)27/h8-11,15,18H,3-7,12-14H2,1-2H3,(H,21,27)(H2,22,23,26). The molecule has 7 nitrogen and oxygen atoms in total. The SMILES string of the molecule is CN(C)C(CNC(=O)Nc1ccc(N2CCNC2=O)cc1)C1CCCCC1. The van der Waals surface area contributed by atoms with Gasteiger partial charge in [0.1, 0.15) is 0 Å². The Bertz CT molecular complexity index is 640. The summed E-state index contributed by atoms with van der Waals surface area (Å²) in [4.78, 5) is 27.9. The Morgan fingerprint density at radius 1 is 1.22 bits per heavy atom. The maximum atomic E-state index is 12.3. The highest BCUT2D eigenvalue weighted by Gasteiger charge is 2.25. The van der Waals surface area contributed by atoms with Crippen LogP contribution in [0.25, 0.3) is 0 Å². The average molecular weight is 374 g/mol. The number of urea groups is 2. The lowest BCUT2D eigenvalue weighted by atomic mass is 9.83. The lowest BCUT2D eigenvalue weighted by molar-refractivity contribution is 0.167. The molecule has 1 unspecified atom stereocenters. The second-order valence-corrected chi connectivity index (χ2v) is 7.69. The summed E-state index contributed by atoms with van der Waals surface area (Å²) < 4.78 is 0. The molecule has 0 radical (unpaired) electrons. The number of amides is 4. The Labute approximate surface area is 161 Å². The third-order valence-corrected chi connectivity index (χ3v) is 5.62. The molecule has 0 spiro atoms. The van der Waals surface area contributed by atoms with E-state index in [0.29, 0.717) is 31.6 Å². The molecule has 27 heavy (non-hydrogen) atoms. The molecule has 3 N–H and O–H groups in total. The van der Waals surface area contributed by atoms with Crippen molar-refractivity contribution < 1.29 is 9.59 Å². The van der Waals surface area contributed by atoms with Gasteiger partial charge in [-0.15, -0.1) is 0 Å². The molecule has 2 aliphatic rings. The van der Waals surface area contributed by atoms with Crippen LogP contribution in [0.3, 0.4) is 0 Å². The molecule has 7 heteroatoms. The minimum atomic E-state index is -0.190. The summed E-state index contributed by atoms with van der Waals surface area (Å²) in [6.07, 6.45) is 6.42. The molecule has 1 aromatic rings. The number of rotatable bonds is 6. The number of benzene rings is 1. The Balaban J connectivity index is 1.50. The van der Waals surface area contributed by atoms with E-state index < -0.39 is 0 Å². The number of nitrogens with zero attached hydrogens (tertiary/aromatic N) is 2. The van der Waals surface area contributed by atoms with Crippen molar-refractivity contribution in [3.63, 3.8) is 0 Å². The normalized spacial score (nSPS) is 19.1. The van der Waals surface area contributed by atoms with Crippen LogP contribution < -0.4 is 20.9 Å². The Morgan fingerprint density at radius 3 is 2.52 bits per heavy atom. The summed E-state index contributed by atoms with van der Waals surface area (Å²) in [7, 11) is 4.18. The van der Waals surface area contributed by atoms with Crippen LogP contribution in [0.5, 0.6) is 0 Å². The number of likely N-dealkylation sites (N-methyl/N-ethyl adjacent to an activating group) is 1. The maximum absolute atomic E-state index is 12.3. The first-order valence-electron chi connectivity index (χ1n) is 9.91. The molecule has 1 aromatic carbocycles. The molecule has 1 aliphatic carbocycles. The lowest BCUT2D eigenvalue weighted by Crippen LogP contribution is -2.46. The molecule has 148 valence electrons. The van der Waals surface area contributed by atoms with Crippen molar-refractivity contribution in [3.8, 4) is 0 Å². The number of carbonyl (C=O) groups excluding carboxylic acids is 2. The van der Waals surface area contributed by atoms with E-state index in [-0.39, 0.29) is 12.1 Å². The number of hydrogen-bond donors (Lipinski definition) is 3. The van der Waals surface area contributed by atoms with Gasteiger partial charge in [-0.05, 0) is 57.1 Å². The van der Waals surface area contributed by atoms with Crippen molar-refractivity contribution in [3.05, 3.63) is 24.3 Å². The molecule has 3 rings (SSSR count). The third-order valence-electron chi connectivity index (χ3n) is 5.62. The van der Waals surface area contributed by atoms with Crippen molar-refractivity contribution in [1.29, 1.82) is 0 Å². The first-order valence-corrected chi connectivity index (χ1v) is 9.91. The van der Waals surface area contributed by atoms with E-state index in [0.717, 1.165) is 11.4 Å². The van der Waals surface area contributed by atoms with Crippen molar-refractivity contribution in [2.24, 2.45) is 5.92 Å². The van der Waals surface area contributed by atoms with Gasteiger partial charge in [-0.3, -0.25) is 4.90 Å². The highest BCUT2D eigenvalue weighted by molar-refractivity contribution is 5.94. The topological polar surface area (TPSA) is 76.7 Å². The van der Waals surface area contributed by atoms with Gasteiger partial charge in [0.05, 0.1) is 0 Å². The van der Waals surface area contributed by atoms with Crippen LogP contribution in [0.2, 0.25) is 0 Å². The summed E-state index contributed by atoms with van der Waals surface area (Å²) in [5, 5.41) is 8.68. The summed E-state index contributed by atoms with van der Waals surface area (Å²) in [6.45, 7) is 1.98. The second-order valence-electron chi connectivity index (χ2n) is 7.69. The highest BCUT2D eigenvalue weighted by atomic mass is 16.2. The maximum Gasteiger partial charge on any atom is 0.321 e. The monoisotopic (exact) mass is 373 g/mol. The van der Waals surface area contributed by atoms with Crippen molar-refractivity contribution in [2.45, 2.75) is 38.1 Å². The van der Waals surface area contributed by atoms with Crippen molar-refractivity contribution >= 4 is 23.4 Å². The summed E-state index contributed by atoms with van der Waals surface area (Å²) in [5.41, 5.74) is 1.55. The number of anilines is 2. The molecular weight excluding hydrogens is 342 g/mol. The second kappa shape index (κ2) is 9.08. The first-order chi connectivity index (χ1) is 13.0. The Kier molecular flexibility index (Phi) is 6.55. The predicted octanol–water partition coefficient (Wildman–Crippen LogP) is 2.85. The number of hydrogen-bond acceptors (Lipinski definition) is 3. The van der Waals surface area contributed by atoms with Gasteiger partial charge in [-0.2, -0.15) is 0 Å². The van der Waals surface area contributed by atoms with E-state index in [1.807, 2.05) is 24.3 Å². The van der Waals surface area contributed by atoms with Crippen LogP contribution in [0.4, 0.5) is 21.0 Å². The zero-order valence-corrected chi connectivity index (χ0v) is 16.3. The Morgan fingerprint density at radius 2 is 1.93 bits per heavy atom. The van der Waals surface area contributed by atoms with E-state index in [2.05, 4.69) is 34.9 Å². The van der Waals surface area contributed by atoms with Crippen LogP contribution in [0, 0.1) is 5.92 Å². The van der Waals surface area contributed by atoms with Gasteiger partial charge < -0.3 is 20.9 Å². The molecule has 4 amide bonds. The minimum absolute atomic E-state index is 0.0779. The molecular formula is C20H31N5O2. The number of carbonyl (C=O) groups is 2. The number of nitrogens with one attached hydrogen (secondary N) is 3. The van der Waals surface area contributed by atoms with Gasteiger partial charge in [0.2, 0.25) is 0 Å². The van der Waals surface area contributed by atoms with Crippen LogP contribution in [-0.4, -0.2) is 56.7 Å². The predicted molar refractivity (Wildman–Crippen MR) is 108 cm³/mol.